The van der Waals surface area contributed by atoms with Gasteiger partial charge < -0.3 is 4.74 Å². The van der Waals surface area contributed by atoms with Crippen molar-refractivity contribution in [3.8, 4) is 11.5 Å². The average Bonchev–Trinajstić information content (AvgIpc) is 2.61. The van der Waals surface area contributed by atoms with Crippen LogP contribution in [0.25, 0.3) is 0 Å². The summed E-state index contributed by atoms with van der Waals surface area (Å²) >= 11 is 1.44. The molecule has 0 radical (unpaired) electrons. The van der Waals surface area contributed by atoms with Gasteiger partial charge in [0.2, 0.25) is 0 Å². The van der Waals surface area contributed by atoms with Gasteiger partial charge in [0.15, 0.2) is 0 Å². The van der Waals surface area contributed by atoms with E-state index < -0.39 is 10.7 Å². The Hall–Kier alpha value is -2.06. The number of carbonyl (C=O) groups excluding carboxylic acids is 1. The molecule has 0 aliphatic carbocycles. The molecule has 1 amide bonds. The second kappa shape index (κ2) is 8.09. The van der Waals surface area contributed by atoms with Gasteiger partial charge in [-0.3, -0.25) is 19.8 Å². The smallest absolute Gasteiger partial charge is 0.262 e. The number of hydrogen-bond acceptors (Lipinski definition) is 6. The number of benzene rings is 2. The van der Waals surface area contributed by atoms with Crippen molar-refractivity contribution in [2.24, 2.45) is 0 Å². The third-order valence-electron chi connectivity index (χ3n) is 4.15. The van der Waals surface area contributed by atoms with Crippen LogP contribution in [-0.4, -0.2) is 59.5 Å². The lowest BCUT2D eigenvalue weighted by Gasteiger charge is -2.43. The first kappa shape index (κ1) is 18.7. The van der Waals surface area contributed by atoms with Gasteiger partial charge in [-0.1, -0.05) is 24.3 Å². The van der Waals surface area contributed by atoms with Gasteiger partial charge in [0.05, 0.1) is 6.67 Å². The van der Waals surface area contributed by atoms with Crippen LogP contribution in [0.4, 0.5) is 0 Å². The molecule has 0 saturated carbocycles. The largest absolute Gasteiger partial charge is 0.457 e. The number of nitrogens with zero attached hydrogens (tertiary/aromatic N) is 2. The van der Waals surface area contributed by atoms with Crippen LogP contribution in [0.3, 0.4) is 0 Å². The fraction of sp³-hybridized carbons (Fsp3) is 0.316. The Kier molecular flexibility index (Phi) is 5.83. The molecule has 1 heterocycles. The van der Waals surface area contributed by atoms with Crippen molar-refractivity contribution in [1.82, 2.24) is 15.3 Å². The zero-order chi connectivity index (χ0) is 18.6. The highest BCUT2D eigenvalue weighted by molar-refractivity contribution is 8.01. The second-order valence-electron chi connectivity index (χ2n) is 6.60. The van der Waals surface area contributed by atoms with E-state index >= 15 is 0 Å². The first-order chi connectivity index (χ1) is 12.5. The molecule has 2 aromatic carbocycles. The zero-order valence-corrected chi connectivity index (χ0v) is 15.7. The third-order valence-corrected chi connectivity index (χ3v) is 5.47. The van der Waals surface area contributed by atoms with E-state index in [0.29, 0.717) is 18.8 Å². The highest BCUT2D eigenvalue weighted by Gasteiger charge is 2.44. The highest BCUT2D eigenvalue weighted by Crippen LogP contribution is 2.38. The summed E-state index contributed by atoms with van der Waals surface area (Å²) in [6.07, 6.45) is 0. The molecule has 0 atom stereocenters. The topological polar surface area (TPSA) is 65.0 Å². The minimum atomic E-state index is -0.804. The number of hydrogen-bond donors (Lipinski definition) is 2. The summed E-state index contributed by atoms with van der Waals surface area (Å²) in [6, 6.07) is 17.2. The number of ether oxygens (including phenoxy) is 1. The summed E-state index contributed by atoms with van der Waals surface area (Å²) in [7, 11) is 3.93. The molecule has 0 spiro atoms. The Bertz CT molecular complexity index is 747. The minimum Gasteiger partial charge on any atom is -0.457 e. The van der Waals surface area contributed by atoms with E-state index in [1.807, 2.05) is 74.2 Å². The molecule has 0 unspecified atom stereocenters. The summed E-state index contributed by atoms with van der Waals surface area (Å²) in [4.78, 5) is 17.5. The predicted molar refractivity (Wildman–Crippen MR) is 102 cm³/mol. The van der Waals surface area contributed by atoms with E-state index in [0.717, 1.165) is 17.3 Å². The van der Waals surface area contributed by atoms with Crippen molar-refractivity contribution in [2.75, 3.05) is 33.9 Å². The molecule has 1 aliphatic rings. The molecule has 138 valence electrons. The lowest BCUT2D eigenvalue weighted by atomic mass is 10.1. The number of thioether (sulfide) groups is 1. The molecule has 0 bridgehead atoms. The molecule has 1 aliphatic heterocycles. The van der Waals surface area contributed by atoms with Crippen LogP contribution in [-0.2, 0) is 4.79 Å². The maximum Gasteiger partial charge on any atom is 0.262 e. The molecule has 0 aromatic heterocycles. The highest BCUT2D eigenvalue weighted by atomic mass is 32.2. The van der Waals surface area contributed by atoms with Gasteiger partial charge in [-0.25, -0.2) is 5.48 Å². The van der Waals surface area contributed by atoms with Crippen LogP contribution < -0.4 is 10.2 Å². The van der Waals surface area contributed by atoms with Gasteiger partial charge in [0.25, 0.3) is 5.91 Å². The Morgan fingerprint density at radius 2 is 1.73 bits per heavy atom. The molecule has 26 heavy (non-hydrogen) atoms. The molecule has 3 rings (SSSR count). The number of carbonyl (C=O) groups is 1. The molecule has 2 aromatic rings. The standard InChI is InChI=1S/C19H23N3O3S/c1-21-12-19(18(23)20-24,13-22(2)14-21)26-17-10-6-9-16(11-17)25-15-7-4-3-5-8-15/h3-11,24H,12-14H2,1-2H3,(H,20,23). The predicted octanol–water partition coefficient (Wildman–Crippen LogP) is 2.65. The average molecular weight is 373 g/mol. The summed E-state index contributed by atoms with van der Waals surface area (Å²) in [5.41, 5.74) is 1.85. The van der Waals surface area contributed by atoms with Crippen LogP contribution in [0, 0.1) is 0 Å². The number of rotatable bonds is 5. The Morgan fingerprint density at radius 1 is 1.08 bits per heavy atom. The first-order valence-corrected chi connectivity index (χ1v) is 9.16. The van der Waals surface area contributed by atoms with E-state index in [1.165, 1.54) is 11.8 Å². The summed E-state index contributed by atoms with van der Waals surface area (Å²) in [6.45, 7) is 1.86. The summed E-state index contributed by atoms with van der Waals surface area (Å²) in [5, 5.41) is 9.28. The van der Waals surface area contributed by atoms with Gasteiger partial charge in [-0.05, 0) is 44.4 Å². The van der Waals surface area contributed by atoms with Gasteiger partial charge >= 0.3 is 0 Å². The number of para-hydroxylation sites is 1. The zero-order valence-electron chi connectivity index (χ0n) is 14.9. The molecule has 2 N–H and O–H groups in total. The second-order valence-corrected chi connectivity index (χ2v) is 8.05. The van der Waals surface area contributed by atoms with E-state index in [1.54, 1.807) is 0 Å². The van der Waals surface area contributed by atoms with Gasteiger partial charge in [0.1, 0.15) is 16.2 Å². The third kappa shape index (κ3) is 4.37. The van der Waals surface area contributed by atoms with Crippen molar-refractivity contribution in [3.63, 3.8) is 0 Å². The Morgan fingerprint density at radius 3 is 2.38 bits per heavy atom. The molecular weight excluding hydrogens is 350 g/mol. The van der Waals surface area contributed by atoms with Crippen LogP contribution in [0.2, 0.25) is 0 Å². The molecule has 6 nitrogen and oxygen atoms in total. The molecule has 7 heteroatoms. The van der Waals surface area contributed by atoms with Gasteiger partial charge in [0, 0.05) is 18.0 Å². The van der Waals surface area contributed by atoms with E-state index in [4.69, 9.17) is 4.74 Å². The molecule has 1 fully saturated rings. The van der Waals surface area contributed by atoms with Crippen LogP contribution in [0.5, 0.6) is 11.5 Å². The monoisotopic (exact) mass is 373 g/mol. The van der Waals surface area contributed by atoms with Crippen molar-refractivity contribution >= 4 is 17.7 Å². The van der Waals surface area contributed by atoms with Crippen molar-refractivity contribution in [2.45, 2.75) is 9.64 Å². The number of nitrogens with one attached hydrogen (secondary N) is 1. The normalized spacial score (nSPS) is 17.7. The minimum absolute atomic E-state index is 0.393. The Balaban J connectivity index is 1.83. The van der Waals surface area contributed by atoms with Gasteiger partial charge in [-0.15, -0.1) is 11.8 Å². The number of amides is 1. The van der Waals surface area contributed by atoms with Crippen LogP contribution in [0.1, 0.15) is 0 Å². The lowest BCUT2D eigenvalue weighted by Crippen LogP contribution is -2.61. The van der Waals surface area contributed by atoms with Crippen LogP contribution in [0.15, 0.2) is 59.5 Å². The maximum atomic E-state index is 12.5. The van der Waals surface area contributed by atoms with Crippen LogP contribution >= 0.6 is 11.8 Å². The molecular formula is C19H23N3O3S. The van der Waals surface area contributed by atoms with E-state index in [9.17, 15) is 10.0 Å². The van der Waals surface area contributed by atoms with E-state index in [-0.39, 0.29) is 0 Å². The van der Waals surface area contributed by atoms with Crippen molar-refractivity contribution in [1.29, 1.82) is 0 Å². The SMILES string of the molecule is CN1CN(C)CC(Sc2cccc(Oc3ccccc3)c2)(C(=O)NO)C1. The Labute approximate surface area is 157 Å². The fourth-order valence-electron chi connectivity index (χ4n) is 3.24. The summed E-state index contributed by atoms with van der Waals surface area (Å²) < 4.78 is 5.08. The first-order valence-electron chi connectivity index (χ1n) is 8.34. The summed E-state index contributed by atoms with van der Waals surface area (Å²) in [5.74, 6) is 1.07. The van der Waals surface area contributed by atoms with Gasteiger partial charge in [-0.2, -0.15) is 0 Å². The maximum absolute atomic E-state index is 12.5. The molecule has 1 saturated heterocycles. The van der Waals surface area contributed by atoms with Crippen molar-refractivity contribution < 1.29 is 14.7 Å². The quantitative estimate of drug-likeness (QED) is 0.621. The number of hydroxylamine groups is 1. The van der Waals surface area contributed by atoms with E-state index in [2.05, 4.69) is 9.80 Å². The fourth-order valence-corrected chi connectivity index (χ4v) is 4.72. The van der Waals surface area contributed by atoms with Crippen molar-refractivity contribution in [3.05, 3.63) is 54.6 Å². The lowest BCUT2D eigenvalue weighted by molar-refractivity contribution is -0.134.